The van der Waals surface area contributed by atoms with Crippen LogP contribution >= 0.6 is 11.8 Å². The molecule has 0 unspecified atom stereocenters. The highest BCUT2D eigenvalue weighted by atomic mass is 32.2. The van der Waals surface area contributed by atoms with Crippen LogP contribution in [-0.2, 0) is 5.75 Å². The molecular formula is C11H13N3O3S. The Balaban J connectivity index is 2.08. The molecule has 0 saturated carbocycles. The molecule has 0 atom stereocenters. The lowest BCUT2D eigenvalue weighted by Gasteiger charge is -2.05. The Hall–Kier alpha value is -1.76. The van der Waals surface area contributed by atoms with Crippen molar-refractivity contribution in [3.63, 3.8) is 0 Å². The quantitative estimate of drug-likeness (QED) is 0.665. The largest absolute Gasteiger partial charge is 0.490 e. The molecule has 0 fully saturated rings. The van der Waals surface area contributed by atoms with Crippen LogP contribution in [0.25, 0.3) is 0 Å². The van der Waals surface area contributed by atoms with Crippen molar-refractivity contribution in [1.29, 1.82) is 0 Å². The first kappa shape index (κ1) is 12.7. The van der Waals surface area contributed by atoms with E-state index in [0.29, 0.717) is 5.75 Å². The summed E-state index contributed by atoms with van der Waals surface area (Å²) in [6.45, 7) is 1.66. The summed E-state index contributed by atoms with van der Waals surface area (Å²) >= 11 is 1.55. The topological polar surface area (TPSA) is 76.8 Å². The van der Waals surface area contributed by atoms with Crippen molar-refractivity contribution in [2.75, 3.05) is 20.2 Å². The third kappa shape index (κ3) is 2.92. The molecule has 1 N–H and O–H groups in total. The van der Waals surface area contributed by atoms with Crippen molar-refractivity contribution in [2.24, 2.45) is 4.99 Å². The Labute approximate surface area is 109 Å². The standard InChI is InChI=1S/C11H13N3O3S/c1-17-10-3-2-8(6-9(10)14(15)16)7-18-11-12-4-5-13-11/h2-3,6H,4-5,7H2,1H3,(H,12,13). The summed E-state index contributed by atoms with van der Waals surface area (Å²) in [4.78, 5) is 14.7. The van der Waals surface area contributed by atoms with Crippen LogP contribution in [0.15, 0.2) is 23.2 Å². The van der Waals surface area contributed by atoms with Crippen molar-refractivity contribution in [2.45, 2.75) is 5.75 Å². The zero-order valence-corrected chi connectivity index (χ0v) is 10.7. The Kier molecular flexibility index (Phi) is 4.03. The maximum Gasteiger partial charge on any atom is 0.311 e. The van der Waals surface area contributed by atoms with Gasteiger partial charge in [0.05, 0.1) is 18.6 Å². The molecule has 7 heteroatoms. The Bertz CT molecular complexity index is 490. The van der Waals surface area contributed by atoms with E-state index in [1.807, 2.05) is 6.07 Å². The van der Waals surface area contributed by atoms with Gasteiger partial charge < -0.3 is 10.1 Å². The summed E-state index contributed by atoms with van der Waals surface area (Å²) in [5.41, 5.74) is 0.876. The van der Waals surface area contributed by atoms with Gasteiger partial charge in [-0.3, -0.25) is 15.1 Å². The highest BCUT2D eigenvalue weighted by Crippen LogP contribution is 2.29. The van der Waals surface area contributed by atoms with Gasteiger partial charge in [0.2, 0.25) is 0 Å². The van der Waals surface area contributed by atoms with Crippen LogP contribution < -0.4 is 10.1 Å². The number of nitro benzene ring substituents is 1. The van der Waals surface area contributed by atoms with Crippen LogP contribution in [0.1, 0.15) is 5.56 Å². The van der Waals surface area contributed by atoms with Crippen molar-refractivity contribution >= 4 is 22.6 Å². The molecule has 0 radical (unpaired) electrons. The first-order valence-electron chi connectivity index (χ1n) is 5.43. The lowest BCUT2D eigenvalue weighted by Crippen LogP contribution is -2.15. The number of nitrogens with one attached hydrogen (secondary N) is 1. The highest BCUT2D eigenvalue weighted by Gasteiger charge is 2.15. The minimum Gasteiger partial charge on any atom is -0.490 e. The monoisotopic (exact) mass is 267 g/mol. The van der Waals surface area contributed by atoms with Crippen molar-refractivity contribution in [3.8, 4) is 5.75 Å². The minimum absolute atomic E-state index is 0.00285. The van der Waals surface area contributed by atoms with Gasteiger partial charge in [-0.05, 0) is 11.6 Å². The highest BCUT2D eigenvalue weighted by molar-refractivity contribution is 8.13. The fourth-order valence-corrected chi connectivity index (χ4v) is 2.46. The lowest BCUT2D eigenvalue weighted by molar-refractivity contribution is -0.385. The molecule has 0 aromatic heterocycles. The Morgan fingerprint density at radius 1 is 1.61 bits per heavy atom. The number of ether oxygens (including phenoxy) is 1. The Morgan fingerprint density at radius 3 is 3.06 bits per heavy atom. The molecule has 18 heavy (non-hydrogen) atoms. The van der Waals surface area contributed by atoms with Crippen LogP contribution in [0, 0.1) is 10.1 Å². The number of hydrogen-bond acceptors (Lipinski definition) is 6. The molecule has 1 aliphatic rings. The number of methoxy groups -OCH3 is 1. The number of nitro groups is 1. The predicted molar refractivity (Wildman–Crippen MR) is 71.2 cm³/mol. The summed E-state index contributed by atoms with van der Waals surface area (Å²) in [6, 6.07) is 4.99. The molecule has 1 aromatic carbocycles. The van der Waals surface area contributed by atoms with Gasteiger partial charge in [0.1, 0.15) is 0 Å². The molecule has 1 heterocycles. The van der Waals surface area contributed by atoms with Gasteiger partial charge in [0, 0.05) is 18.4 Å². The summed E-state index contributed by atoms with van der Waals surface area (Å²) in [7, 11) is 1.42. The van der Waals surface area contributed by atoms with Gasteiger partial charge >= 0.3 is 5.69 Å². The zero-order valence-electron chi connectivity index (χ0n) is 9.88. The molecule has 0 spiro atoms. The number of aliphatic imine (C=N–C) groups is 1. The van der Waals surface area contributed by atoms with Crippen LogP contribution in [0.5, 0.6) is 5.75 Å². The van der Waals surface area contributed by atoms with Crippen molar-refractivity contribution in [3.05, 3.63) is 33.9 Å². The second-order valence-corrected chi connectivity index (χ2v) is 4.63. The SMILES string of the molecule is COc1ccc(CSC2=NCCN2)cc1[N+](=O)[O-]. The molecular weight excluding hydrogens is 254 g/mol. The van der Waals surface area contributed by atoms with Gasteiger partial charge in [0.15, 0.2) is 10.9 Å². The Morgan fingerprint density at radius 2 is 2.44 bits per heavy atom. The molecule has 6 nitrogen and oxygen atoms in total. The molecule has 2 rings (SSSR count). The van der Waals surface area contributed by atoms with Crippen LogP contribution in [0.3, 0.4) is 0 Å². The average Bonchev–Trinajstić information content (AvgIpc) is 2.89. The van der Waals surface area contributed by atoms with Gasteiger partial charge in [-0.25, -0.2) is 0 Å². The van der Waals surface area contributed by atoms with Gasteiger partial charge in [0.25, 0.3) is 0 Å². The fraction of sp³-hybridized carbons (Fsp3) is 0.364. The second kappa shape index (κ2) is 5.72. The first-order valence-corrected chi connectivity index (χ1v) is 6.41. The molecule has 1 aromatic rings. The fourth-order valence-electron chi connectivity index (χ4n) is 1.59. The molecule has 1 aliphatic heterocycles. The smallest absolute Gasteiger partial charge is 0.311 e. The van der Waals surface area contributed by atoms with Crippen LogP contribution in [0.2, 0.25) is 0 Å². The lowest BCUT2D eigenvalue weighted by atomic mass is 10.2. The number of amidine groups is 1. The third-order valence-corrected chi connectivity index (χ3v) is 3.48. The van der Waals surface area contributed by atoms with E-state index in [1.165, 1.54) is 7.11 Å². The van der Waals surface area contributed by atoms with E-state index in [4.69, 9.17) is 4.74 Å². The second-order valence-electron chi connectivity index (χ2n) is 3.67. The van der Waals surface area contributed by atoms with Crippen molar-refractivity contribution in [1.82, 2.24) is 5.32 Å². The maximum absolute atomic E-state index is 10.9. The summed E-state index contributed by atoms with van der Waals surface area (Å²) in [5.74, 6) is 0.932. The van der Waals surface area contributed by atoms with E-state index in [-0.39, 0.29) is 11.4 Å². The minimum atomic E-state index is -0.432. The molecule has 0 amide bonds. The van der Waals surface area contributed by atoms with E-state index in [9.17, 15) is 10.1 Å². The summed E-state index contributed by atoms with van der Waals surface area (Å²) in [6.07, 6.45) is 0. The van der Waals surface area contributed by atoms with Gasteiger partial charge in [-0.1, -0.05) is 17.8 Å². The van der Waals surface area contributed by atoms with E-state index in [1.54, 1.807) is 23.9 Å². The van der Waals surface area contributed by atoms with Crippen LogP contribution in [-0.4, -0.2) is 30.3 Å². The number of hydrogen-bond donors (Lipinski definition) is 1. The summed E-state index contributed by atoms with van der Waals surface area (Å²) in [5, 5.41) is 14.9. The number of nitrogens with zero attached hydrogens (tertiary/aromatic N) is 2. The van der Waals surface area contributed by atoms with Crippen LogP contribution in [0.4, 0.5) is 5.69 Å². The molecule has 0 saturated heterocycles. The average molecular weight is 267 g/mol. The number of rotatable bonds is 4. The molecule has 0 aliphatic carbocycles. The van der Waals surface area contributed by atoms with E-state index in [2.05, 4.69) is 10.3 Å². The number of thioether (sulfide) groups is 1. The maximum atomic E-state index is 10.9. The predicted octanol–water partition coefficient (Wildman–Crippen LogP) is 1.80. The van der Waals surface area contributed by atoms with Crippen molar-refractivity contribution < 1.29 is 9.66 Å². The summed E-state index contributed by atoms with van der Waals surface area (Å²) < 4.78 is 4.96. The van der Waals surface area contributed by atoms with E-state index < -0.39 is 4.92 Å². The normalized spacial score (nSPS) is 13.9. The third-order valence-electron chi connectivity index (χ3n) is 2.46. The zero-order chi connectivity index (χ0) is 13.0. The molecule has 96 valence electrons. The molecule has 0 bridgehead atoms. The van der Waals surface area contributed by atoms with E-state index >= 15 is 0 Å². The van der Waals surface area contributed by atoms with Gasteiger partial charge in [-0.15, -0.1) is 0 Å². The first-order chi connectivity index (χ1) is 8.70. The number of benzene rings is 1. The van der Waals surface area contributed by atoms with E-state index in [0.717, 1.165) is 23.8 Å². The van der Waals surface area contributed by atoms with Gasteiger partial charge in [-0.2, -0.15) is 0 Å².